The SMILES string of the molecule is COCn1ccsc1=Nc1cc(Br)cc(CO)n1.COCn1ccsc1=Nc1cc(Br)cc(CO[Si](C)(C)C(C)(C)C)n1. The molecule has 0 saturated heterocycles. The maximum atomic E-state index is 9.10. The van der Waals surface area contributed by atoms with Gasteiger partial charge in [0.1, 0.15) is 13.5 Å². The fourth-order valence-corrected chi connectivity index (χ4v) is 6.59. The van der Waals surface area contributed by atoms with Crippen molar-refractivity contribution in [1.82, 2.24) is 19.1 Å². The monoisotopic (exact) mass is 772 g/mol. The number of methoxy groups -OCH3 is 2. The lowest BCUT2D eigenvalue weighted by Gasteiger charge is -2.36. The summed E-state index contributed by atoms with van der Waals surface area (Å²) in [7, 11) is 1.49. The molecule has 0 atom stereocenters. The van der Waals surface area contributed by atoms with Crippen LogP contribution in [-0.2, 0) is 40.6 Å². The van der Waals surface area contributed by atoms with Crippen LogP contribution in [-0.4, -0.2) is 46.7 Å². The molecule has 0 spiro atoms. The fourth-order valence-electron chi connectivity index (χ4n) is 3.26. The van der Waals surface area contributed by atoms with Gasteiger partial charge in [-0.15, -0.1) is 22.7 Å². The van der Waals surface area contributed by atoms with E-state index in [1.165, 1.54) is 11.3 Å². The summed E-state index contributed by atoms with van der Waals surface area (Å²) in [6.45, 7) is 12.5. The largest absolute Gasteiger partial charge is 0.411 e. The van der Waals surface area contributed by atoms with Crippen LogP contribution in [0.3, 0.4) is 0 Å². The van der Waals surface area contributed by atoms with Crippen LogP contribution in [0.4, 0.5) is 11.6 Å². The molecule has 0 aliphatic rings. The third-order valence-electron chi connectivity index (χ3n) is 6.49. The maximum Gasteiger partial charge on any atom is 0.193 e. The molecular weight excluding hydrogens is 736 g/mol. The Hall–Kier alpha value is -1.82. The van der Waals surface area contributed by atoms with Gasteiger partial charge in [-0.3, -0.25) is 9.13 Å². The number of aromatic nitrogens is 4. The van der Waals surface area contributed by atoms with E-state index in [4.69, 9.17) is 19.0 Å². The van der Waals surface area contributed by atoms with E-state index in [1.54, 1.807) is 37.7 Å². The van der Waals surface area contributed by atoms with Crippen LogP contribution in [0.15, 0.2) is 66.3 Å². The number of hydrogen-bond donors (Lipinski definition) is 1. The normalized spacial score (nSPS) is 12.9. The van der Waals surface area contributed by atoms with Gasteiger partial charge in [-0.1, -0.05) is 52.6 Å². The average Bonchev–Trinajstić information content (AvgIpc) is 3.56. The highest BCUT2D eigenvalue weighted by Crippen LogP contribution is 2.37. The number of hydrogen-bond acceptors (Lipinski definition) is 10. The Labute approximate surface area is 278 Å². The smallest absolute Gasteiger partial charge is 0.193 e. The molecule has 0 saturated carbocycles. The number of ether oxygens (including phenoxy) is 2. The molecule has 0 unspecified atom stereocenters. The molecule has 1 N–H and O–H groups in total. The van der Waals surface area contributed by atoms with Crippen molar-refractivity contribution in [1.29, 1.82) is 0 Å². The minimum atomic E-state index is -1.81. The van der Waals surface area contributed by atoms with Crippen molar-refractivity contribution in [2.45, 2.75) is 65.6 Å². The first kappa shape index (κ1) is 35.7. The van der Waals surface area contributed by atoms with Gasteiger partial charge in [-0.25, -0.2) is 20.0 Å². The highest BCUT2D eigenvalue weighted by atomic mass is 79.9. The van der Waals surface area contributed by atoms with Crippen LogP contribution in [0.5, 0.6) is 0 Å². The molecule has 4 heterocycles. The van der Waals surface area contributed by atoms with Crippen molar-refractivity contribution in [2.75, 3.05) is 14.2 Å². The number of rotatable bonds is 10. The molecule has 0 aliphatic heterocycles. The van der Waals surface area contributed by atoms with E-state index in [-0.39, 0.29) is 11.6 Å². The Morgan fingerprint density at radius 1 is 0.837 bits per heavy atom. The minimum Gasteiger partial charge on any atom is -0.411 e. The van der Waals surface area contributed by atoms with Crippen LogP contribution in [0.25, 0.3) is 0 Å². The van der Waals surface area contributed by atoms with Crippen LogP contribution in [0, 0.1) is 0 Å². The predicted octanol–water partition coefficient (Wildman–Crippen LogP) is 7.10. The number of aliphatic hydroxyl groups is 1. The third kappa shape index (κ3) is 10.9. The second-order valence-electron chi connectivity index (χ2n) is 10.8. The number of aliphatic hydroxyl groups excluding tert-OH is 1. The first-order chi connectivity index (χ1) is 20.3. The van der Waals surface area contributed by atoms with Crippen LogP contribution >= 0.6 is 54.5 Å². The highest BCUT2D eigenvalue weighted by Gasteiger charge is 2.37. The van der Waals surface area contributed by atoms with E-state index in [0.29, 0.717) is 37.4 Å². The van der Waals surface area contributed by atoms with Gasteiger partial charge in [0.15, 0.2) is 29.6 Å². The van der Waals surface area contributed by atoms with Crippen molar-refractivity contribution in [3.8, 4) is 0 Å². The quantitative estimate of drug-likeness (QED) is 0.172. The number of halogens is 2. The zero-order chi connectivity index (χ0) is 31.6. The van der Waals surface area contributed by atoms with Gasteiger partial charge >= 0.3 is 0 Å². The van der Waals surface area contributed by atoms with E-state index < -0.39 is 8.32 Å². The van der Waals surface area contributed by atoms with Crippen molar-refractivity contribution < 1.29 is 19.0 Å². The van der Waals surface area contributed by atoms with E-state index in [2.05, 4.69) is 85.7 Å². The summed E-state index contributed by atoms with van der Waals surface area (Å²) in [5.74, 6) is 1.22. The first-order valence-electron chi connectivity index (χ1n) is 13.3. The molecule has 0 bridgehead atoms. The second kappa shape index (κ2) is 16.5. The zero-order valence-electron chi connectivity index (χ0n) is 25.4. The first-order valence-corrected chi connectivity index (χ1v) is 19.5. The zero-order valence-corrected chi connectivity index (χ0v) is 31.2. The molecule has 4 rings (SSSR count). The lowest BCUT2D eigenvalue weighted by molar-refractivity contribution is 0.129. The molecule has 43 heavy (non-hydrogen) atoms. The lowest BCUT2D eigenvalue weighted by Crippen LogP contribution is -2.40. The van der Waals surface area contributed by atoms with Crippen LogP contribution in [0.2, 0.25) is 18.1 Å². The molecule has 0 amide bonds. The number of pyridine rings is 2. The second-order valence-corrected chi connectivity index (χ2v) is 19.2. The number of nitrogens with zero attached hydrogens (tertiary/aromatic N) is 6. The Kier molecular flexibility index (Phi) is 13.7. The Morgan fingerprint density at radius 2 is 1.30 bits per heavy atom. The molecule has 4 aromatic rings. The molecule has 0 aliphatic carbocycles. The molecule has 0 aromatic carbocycles. The summed E-state index contributed by atoms with van der Waals surface area (Å²) in [6.07, 6.45) is 3.85. The van der Waals surface area contributed by atoms with Crippen LogP contribution < -0.4 is 9.60 Å². The van der Waals surface area contributed by atoms with Gasteiger partial charge < -0.3 is 19.0 Å². The Morgan fingerprint density at radius 3 is 1.74 bits per heavy atom. The molecule has 0 radical (unpaired) electrons. The standard InChI is InChI=1S/C17H26BrN3O2SSi.C11H12BrN3O2S/c1-17(2,3)25(5,6)23-11-14-9-13(18)10-15(19-14)20-16-21(12-22-4)7-8-24-16;1-17-7-15-2-3-18-11(15)14-10-5-8(12)4-9(6-16)13-10/h7-10H,11-12H2,1-6H3;2-5,16H,6-7H2,1H3. The van der Waals surface area contributed by atoms with Gasteiger partial charge in [0, 0.05) is 46.3 Å². The van der Waals surface area contributed by atoms with Crippen molar-refractivity contribution in [3.63, 3.8) is 0 Å². The minimum absolute atomic E-state index is 0.107. The molecule has 15 heteroatoms. The van der Waals surface area contributed by atoms with E-state index in [1.807, 2.05) is 44.4 Å². The summed E-state index contributed by atoms with van der Waals surface area (Å²) < 4.78 is 22.2. The summed E-state index contributed by atoms with van der Waals surface area (Å²) >= 11 is 9.98. The fraction of sp³-hybridized carbons (Fsp3) is 0.429. The maximum absolute atomic E-state index is 9.10. The van der Waals surface area contributed by atoms with E-state index in [0.717, 1.165) is 24.2 Å². The molecule has 0 fully saturated rings. The Bertz CT molecular complexity index is 1610. The third-order valence-corrected chi connectivity index (χ3v) is 13.5. The summed E-state index contributed by atoms with van der Waals surface area (Å²) in [6, 6.07) is 7.46. The molecule has 234 valence electrons. The lowest BCUT2D eigenvalue weighted by atomic mass is 10.2. The highest BCUT2D eigenvalue weighted by molar-refractivity contribution is 9.10. The van der Waals surface area contributed by atoms with Crippen molar-refractivity contribution >= 4 is 74.5 Å². The summed E-state index contributed by atoms with van der Waals surface area (Å²) in [4.78, 5) is 19.6. The van der Waals surface area contributed by atoms with Gasteiger partial charge in [-0.05, 0) is 42.4 Å². The van der Waals surface area contributed by atoms with Gasteiger partial charge in [0.2, 0.25) is 0 Å². The predicted molar refractivity (Wildman–Crippen MR) is 181 cm³/mol. The Balaban J connectivity index is 0.000000248. The topological polar surface area (TPSA) is 108 Å². The van der Waals surface area contributed by atoms with Crippen molar-refractivity contribution in [2.24, 2.45) is 9.98 Å². The van der Waals surface area contributed by atoms with E-state index >= 15 is 0 Å². The molecule has 10 nitrogen and oxygen atoms in total. The van der Waals surface area contributed by atoms with E-state index in [9.17, 15) is 0 Å². The van der Waals surface area contributed by atoms with Gasteiger partial charge in [0.05, 0.1) is 24.6 Å². The number of thiazole rings is 2. The summed E-state index contributed by atoms with van der Waals surface area (Å²) in [5, 5.41) is 13.2. The molecular formula is C28H38Br2N6O4S2Si. The van der Waals surface area contributed by atoms with Gasteiger partial charge in [-0.2, -0.15) is 0 Å². The summed E-state index contributed by atoms with van der Waals surface area (Å²) in [5.41, 5.74) is 1.46. The molecule has 4 aromatic heterocycles. The van der Waals surface area contributed by atoms with Crippen LogP contribution in [0.1, 0.15) is 32.2 Å². The average molecular weight is 775 g/mol. The van der Waals surface area contributed by atoms with Crippen molar-refractivity contribution in [3.05, 3.63) is 77.4 Å². The van der Waals surface area contributed by atoms with Gasteiger partial charge in [0.25, 0.3) is 0 Å².